The summed E-state index contributed by atoms with van der Waals surface area (Å²) in [4.78, 5) is 11.2. The largest absolute Gasteiger partial charge is 0.495 e. The van der Waals surface area contributed by atoms with Gasteiger partial charge in [-0.05, 0) is 31.0 Å². The van der Waals surface area contributed by atoms with Crippen LogP contribution in [0, 0.1) is 0 Å². The maximum atomic E-state index is 12.6. The molecule has 1 fully saturated rings. The monoisotopic (exact) mass is 326 g/mol. The van der Waals surface area contributed by atoms with E-state index >= 15 is 0 Å². The summed E-state index contributed by atoms with van der Waals surface area (Å²) in [5, 5.41) is 2.59. The maximum absolute atomic E-state index is 12.6. The molecule has 1 aliphatic carbocycles. The van der Waals surface area contributed by atoms with Crippen molar-refractivity contribution in [3.8, 4) is 5.75 Å². The quantitative estimate of drug-likeness (QED) is 0.869. The number of hydrogen-bond donors (Lipinski definition) is 2. The number of amides is 1. The highest BCUT2D eigenvalue weighted by Gasteiger charge is 2.25. The number of carbonyl (C=O) groups is 1. The molecule has 0 atom stereocenters. The minimum absolute atomic E-state index is 0.0344. The molecule has 1 saturated carbocycles. The Morgan fingerprint density at radius 1 is 1.23 bits per heavy atom. The Labute approximate surface area is 131 Å². The zero-order valence-corrected chi connectivity index (χ0v) is 13.7. The summed E-state index contributed by atoms with van der Waals surface area (Å²) in [6.07, 6.45) is 4.94. The van der Waals surface area contributed by atoms with Crippen molar-refractivity contribution in [1.29, 1.82) is 0 Å². The Kier molecular flexibility index (Phi) is 5.42. The Bertz CT molecular complexity index is 637. The highest BCUT2D eigenvalue weighted by atomic mass is 32.2. The fourth-order valence-corrected chi connectivity index (χ4v) is 4.17. The lowest BCUT2D eigenvalue weighted by Gasteiger charge is -2.23. The molecule has 1 aromatic carbocycles. The molecule has 0 unspecified atom stereocenters. The van der Waals surface area contributed by atoms with Gasteiger partial charge in [-0.2, -0.15) is 0 Å². The van der Waals surface area contributed by atoms with E-state index in [1.807, 2.05) is 0 Å². The van der Waals surface area contributed by atoms with Crippen LogP contribution in [0.1, 0.15) is 39.0 Å². The Balaban J connectivity index is 2.28. The van der Waals surface area contributed by atoms with Gasteiger partial charge in [0, 0.05) is 18.7 Å². The van der Waals surface area contributed by atoms with Gasteiger partial charge in [0.15, 0.2) is 0 Å². The number of methoxy groups -OCH3 is 1. The molecule has 1 amide bonds. The molecule has 7 heteroatoms. The van der Waals surface area contributed by atoms with Gasteiger partial charge in [0.25, 0.3) is 0 Å². The van der Waals surface area contributed by atoms with E-state index in [0.717, 1.165) is 32.1 Å². The number of rotatable bonds is 5. The van der Waals surface area contributed by atoms with Gasteiger partial charge in [0.2, 0.25) is 15.9 Å². The molecule has 0 bridgehead atoms. The lowest BCUT2D eigenvalue weighted by Crippen LogP contribution is -2.36. The predicted octanol–water partition coefficient (Wildman–Crippen LogP) is 2.26. The zero-order chi connectivity index (χ0) is 16.2. The Morgan fingerprint density at radius 3 is 2.50 bits per heavy atom. The van der Waals surface area contributed by atoms with E-state index in [4.69, 9.17) is 4.74 Å². The molecule has 0 aromatic heterocycles. The van der Waals surface area contributed by atoms with Crippen molar-refractivity contribution in [2.75, 3.05) is 12.4 Å². The van der Waals surface area contributed by atoms with Gasteiger partial charge in [-0.1, -0.05) is 19.3 Å². The normalized spacial score (nSPS) is 16.3. The van der Waals surface area contributed by atoms with Crippen LogP contribution in [-0.4, -0.2) is 27.5 Å². The molecule has 0 heterocycles. The van der Waals surface area contributed by atoms with Gasteiger partial charge in [0.1, 0.15) is 10.6 Å². The molecule has 22 heavy (non-hydrogen) atoms. The van der Waals surface area contributed by atoms with Crippen molar-refractivity contribution in [3.63, 3.8) is 0 Å². The average Bonchev–Trinajstić information content (AvgIpc) is 2.47. The molecular formula is C15H22N2O4S. The first kappa shape index (κ1) is 16.8. The molecule has 0 spiro atoms. The van der Waals surface area contributed by atoms with Crippen LogP contribution in [0.5, 0.6) is 5.75 Å². The van der Waals surface area contributed by atoms with Crippen LogP contribution in [0.25, 0.3) is 0 Å². The van der Waals surface area contributed by atoms with Crippen molar-refractivity contribution in [1.82, 2.24) is 4.72 Å². The van der Waals surface area contributed by atoms with Crippen LogP contribution in [0.3, 0.4) is 0 Å². The molecule has 0 aliphatic heterocycles. The lowest BCUT2D eigenvalue weighted by atomic mass is 9.96. The number of nitrogens with one attached hydrogen (secondary N) is 2. The van der Waals surface area contributed by atoms with Gasteiger partial charge in [-0.25, -0.2) is 13.1 Å². The maximum Gasteiger partial charge on any atom is 0.244 e. The number of hydrogen-bond acceptors (Lipinski definition) is 4. The summed E-state index contributed by atoms with van der Waals surface area (Å²) in [6.45, 7) is 1.37. The number of benzene rings is 1. The zero-order valence-electron chi connectivity index (χ0n) is 12.9. The molecular weight excluding hydrogens is 304 g/mol. The molecule has 1 aliphatic rings. The second-order valence-corrected chi connectivity index (χ2v) is 7.19. The third-order valence-electron chi connectivity index (χ3n) is 3.70. The highest BCUT2D eigenvalue weighted by Crippen LogP contribution is 2.28. The summed E-state index contributed by atoms with van der Waals surface area (Å²) in [5.74, 6) is 0.00571. The number of sulfonamides is 1. The van der Waals surface area contributed by atoms with E-state index in [0.29, 0.717) is 5.69 Å². The van der Waals surface area contributed by atoms with Crippen molar-refractivity contribution in [2.45, 2.75) is 50.0 Å². The summed E-state index contributed by atoms with van der Waals surface area (Å²) in [6, 6.07) is 4.54. The third kappa shape index (κ3) is 4.20. The van der Waals surface area contributed by atoms with E-state index in [9.17, 15) is 13.2 Å². The van der Waals surface area contributed by atoms with Crippen LogP contribution in [0.4, 0.5) is 5.69 Å². The first-order valence-electron chi connectivity index (χ1n) is 7.40. The van der Waals surface area contributed by atoms with Gasteiger partial charge >= 0.3 is 0 Å². The van der Waals surface area contributed by atoms with E-state index in [-0.39, 0.29) is 22.6 Å². The molecule has 2 N–H and O–H groups in total. The van der Waals surface area contributed by atoms with Crippen LogP contribution >= 0.6 is 0 Å². The number of ether oxygens (including phenoxy) is 1. The minimum atomic E-state index is -3.69. The molecule has 6 nitrogen and oxygen atoms in total. The second-order valence-electron chi connectivity index (χ2n) is 5.50. The Morgan fingerprint density at radius 2 is 1.91 bits per heavy atom. The highest BCUT2D eigenvalue weighted by molar-refractivity contribution is 7.89. The van der Waals surface area contributed by atoms with Crippen molar-refractivity contribution in [3.05, 3.63) is 18.2 Å². The predicted molar refractivity (Wildman–Crippen MR) is 84.5 cm³/mol. The van der Waals surface area contributed by atoms with Crippen LogP contribution in [-0.2, 0) is 14.8 Å². The van der Waals surface area contributed by atoms with Crippen molar-refractivity contribution >= 4 is 21.6 Å². The van der Waals surface area contributed by atoms with Crippen molar-refractivity contribution in [2.24, 2.45) is 0 Å². The Hall–Kier alpha value is -1.60. The van der Waals surface area contributed by atoms with E-state index in [1.54, 1.807) is 12.1 Å². The van der Waals surface area contributed by atoms with Gasteiger partial charge in [0.05, 0.1) is 7.11 Å². The number of carbonyl (C=O) groups excluding carboxylic acids is 1. The molecule has 2 rings (SSSR count). The van der Waals surface area contributed by atoms with E-state index < -0.39 is 10.0 Å². The standard InChI is InChI=1S/C15H22N2O4S/c1-11(18)16-13-8-9-14(21-2)15(10-13)22(19,20)17-12-6-4-3-5-7-12/h8-10,12,17H,3-7H2,1-2H3,(H,16,18). The fourth-order valence-electron chi connectivity index (χ4n) is 2.67. The SMILES string of the molecule is COc1ccc(NC(C)=O)cc1S(=O)(=O)NC1CCCCC1. The van der Waals surface area contributed by atoms with E-state index in [2.05, 4.69) is 10.0 Å². The molecule has 0 saturated heterocycles. The van der Waals surface area contributed by atoms with Gasteiger partial charge in [-0.15, -0.1) is 0 Å². The summed E-state index contributed by atoms with van der Waals surface area (Å²) >= 11 is 0. The molecule has 0 radical (unpaired) electrons. The average molecular weight is 326 g/mol. The topological polar surface area (TPSA) is 84.5 Å². The van der Waals surface area contributed by atoms with Gasteiger partial charge < -0.3 is 10.1 Å². The third-order valence-corrected chi connectivity index (χ3v) is 5.24. The fraction of sp³-hybridized carbons (Fsp3) is 0.533. The first-order valence-corrected chi connectivity index (χ1v) is 8.88. The minimum Gasteiger partial charge on any atom is -0.495 e. The van der Waals surface area contributed by atoms with Crippen LogP contribution < -0.4 is 14.8 Å². The number of anilines is 1. The van der Waals surface area contributed by atoms with Gasteiger partial charge in [-0.3, -0.25) is 4.79 Å². The van der Waals surface area contributed by atoms with E-state index in [1.165, 1.54) is 20.1 Å². The lowest BCUT2D eigenvalue weighted by molar-refractivity contribution is -0.114. The smallest absolute Gasteiger partial charge is 0.244 e. The summed E-state index contributed by atoms with van der Waals surface area (Å²) < 4.78 is 33.1. The molecule has 122 valence electrons. The summed E-state index contributed by atoms with van der Waals surface area (Å²) in [7, 11) is -2.26. The molecule has 1 aromatic rings. The summed E-state index contributed by atoms with van der Waals surface area (Å²) in [5.41, 5.74) is 0.428. The first-order chi connectivity index (χ1) is 10.4. The van der Waals surface area contributed by atoms with Crippen molar-refractivity contribution < 1.29 is 17.9 Å². The van der Waals surface area contributed by atoms with Crippen LogP contribution in [0.15, 0.2) is 23.1 Å². The van der Waals surface area contributed by atoms with Crippen LogP contribution in [0.2, 0.25) is 0 Å². The second kappa shape index (κ2) is 7.11.